The van der Waals surface area contributed by atoms with Gasteiger partial charge in [-0.15, -0.1) is 0 Å². The second-order valence-electron chi connectivity index (χ2n) is 3.47. The zero-order chi connectivity index (χ0) is 11.9. The molecular weight excluding hydrogens is 280 g/mol. The van der Waals surface area contributed by atoms with Gasteiger partial charge in [0, 0.05) is 15.0 Å². The number of nitrogens with zero attached hydrogens (tertiary/aromatic N) is 1. The van der Waals surface area contributed by atoms with Crippen LogP contribution in [0.4, 0.5) is 5.69 Å². The van der Waals surface area contributed by atoms with Crippen LogP contribution in [0.1, 0.15) is 5.56 Å². The predicted molar refractivity (Wildman–Crippen MR) is 58.5 cm³/mol. The summed E-state index contributed by atoms with van der Waals surface area (Å²) < 4.78 is 0.581. The molecule has 6 nitrogen and oxygen atoms in total. The van der Waals surface area contributed by atoms with Crippen molar-refractivity contribution in [2.24, 2.45) is 0 Å². The molecule has 0 fully saturated rings. The van der Waals surface area contributed by atoms with Crippen molar-refractivity contribution in [3.05, 3.63) is 38.3 Å². The lowest BCUT2D eigenvalue weighted by molar-refractivity contribution is -0.498. The standard InChI is InChI=1S/C9H7BrN2O4/c10-6-3-1-2-5-7(6)11-8(13)9(5,14)4-12(15)16/h1-3,14H,4H2,(H,11,13). The van der Waals surface area contributed by atoms with E-state index < -0.39 is 23.0 Å². The number of carbonyl (C=O) groups is 1. The first-order chi connectivity index (χ1) is 7.45. The lowest BCUT2D eigenvalue weighted by Gasteiger charge is -2.15. The van der Waals surface area contributed by atoms with Crippen molar-refractivity contribution in [3.8, 4) is 0 Å². The number of nitrogens with one attached hydrogen (secondary N) is 1. The lowest BCUT2D eigenvalue weighted by atomic mass is 9.96. The Kier molecular flexibility index (Phi) is 2.43. The molecule has 1 aromatic carbocycles. The number of amides is 1. The van der Waals surface area contributed by atoms with Gasteiger partial charge in [0.2, 0.25) is 12.1 Å². The van der Waals surface area contributed by atoms with Crippen LogP contribution in [-0.4, -0.2) is 22.5 Å². The summed E-state index contributed by atoms with van der Waals surface area (Å²) in [6.45, 7) is -0.845. The second-order valence-corrected chi connectivity index (χ2v) is 4.32. The number of nitro groups is 1. The molecule has 0 bridgehead atoms. The normalized spacial score (nSPS) is 22.8. The fourth-order valence-electron chi connectivity index (χ4n) is 1.68. The van der Waals surface area contributed by atoms with Gasteiger partial charge in [-0.05, 0) is 22.0 Å². The Morgan fingerprint density at radius 1 is 1.56 bits per heavy atom. The third-order valence-electron chi connectivity index (χ3n) is 2.43. The zero-order valence-corrected chi connectivity index (χ0v) is 9.52. The summed E-state index contributed by atoms with van der Waals surface area (Å²) in [6, 6.07) is 4.77. The summed E-state index contributed by atoms with van der Waals surface area (Å²) in [6.07, 6.45) is 0. The Bertz CT molecular complexity index is 490. The van der Waals surface area contributed by atoms with E-state index in [1.807, 2.05) is 0 Å². The van der Waals surface area contributed by atoms with Crippen molar-refractivity contribution < 1.29 is 14.8 Å². The Labute approximate surface area is 98.5 Å². The number of hydrogen-bond donors (Lipinski definition) is 2. The van der Waals surface area contributed by atoms with Crippen LogP contribution in [-0.2, 0) is 10.4 Å². The molecule has 1 aromatic rings. The molecule has 0 spiro atoms. The number of fused-ring (bicyclic) bond motifs is 1. The van der Waals surface area contributed by atoms with Gasteiger partial charge in [0.1, 0.15) is 0 Å². The molecule has 1 amide bonds. The molecule has 0 saturated heterocycles. The highest BCUT2D eigenvalue weighted by Gasteiger charge is 2.50. The molecule has 0 aromatic heterocycles. The summed E-state index contributed by atoms with van der Waals surface area (Å²) in [7, 11) is 0. The van der Waals surface area contributed by atoms with Gasteiger partial charge >= 0.3 is 0 Å². The van der Waals surface area contributed by atoms with Gasteiger partial charge in [0.05, 0.1) is 5.69 Å². The summed E-state index contributed by atoms with van der Waals surface area (Å²) in [5, 5.41) is 22.9. The van der Waals surface area contributed by atoms with Crippen molar-refractivity contribution in [1.29, 1.82) is 0 Å². The van der Waals surface area contributed by atoms with Crippen LogP contribution in [0.2, 0.25) is 0 Å². The van der Waals surface area contributed by atoms with Crippen LogP contribution >= 0.6 is 15.9 Å². The van der Waals surface area contributed by atoms with Gasteiger partial charge in [-0.1, -0.05) is 12.1 Å². The number of carbonyl (C=O) groups excluding carboxylic acids is 1. The smallest absolute Gasteiger partial charge is 0.268 e. The largest absolute Gasteiger partial charge is 0.370 e. The van der Waals surface area contributed by atoms with E-state index in [2.05, 4.69) is 21.2 Å². The van der Waals surface area contributed by atoms with Crippen molar-refractivity contribution in [3.63, 3.8) is 0 Å². The van der Waals surface area contributed by atoms with Crippen molar-refractivity contribution >= 4 is 27.5 Å². The molecule has 1 heterocycles. The van der Waals surface area contributed by atoms with Gasteiger partial charge in [-0.3, -0.25) is 14.9 Å². The summed E-state index contributed by atoms with van der Waals surface area (Å²) in [4.78, 5) is 21.3. The second kappa shape index (κ2) is 3.53. The van der Waals surface area contributed by atoms with Crippen LogP contribution in [0.3, 0.4) is 0 Å². The maximum Gasteiger partial charge on any atom is 0.268 e. The Morgan fingerprint density at radius 3 is 2.88 bits per heavy atom. The molecule has 7 heteroatoms. The van der Waals surface area contributed by atoms with E-state index >= 15 is 0 Å². The molecule has 1 aliphatic heterocycles. The minimum absolute atomic E-state index is 0.226. The molecule has 1 aliphatic rings. The molecule has 0 aliphatic carbocycles. The summed E-state index contributed by atoms with van der Waals surface area (Å²) >= 11 is 3.20. The Morgan fingerprint density at radius 2 is 2.25 bits per heavy atom. The highest BCUT2D eigenvalue weighted by atomic mass is 79.9. The minimum Gasteiger partial charge on any atom is -0.370 e. The van der Waals surface area contributed by atoms with Crippen LogP contribution < -0.4 is 5.32 Å². The topological polar surface area (TPSA) is 92.5 Å². The van der Waals surface area contributed by atoms with E-state index in [0.29, 0.717) is 10.2 Å². The highest BCUT2D eigenvalue weighted by molar-refractivity contribution is 9.10. The van der Waals surface area contributed by atoms with E-state index in [0.717, 1.165) is 0 Å². The van der Waals surface area contributed by atoms with Crippen LogP contribution in [0.5, 0.6) is 0 Å². The fraction of sp³-hybridized carbons (Fsp3) is 0.222. The van der Waals surface area contributed by atoms with Crippen molar-refractivity contribution in [1.82, 2.24) is 0 Å². The molecule has 1 unspecified atom stereocenters. The van der Waals surface area contributed by atoms with E-state index in [1.54, 1.807) is 12.1 Å². The first-order valence-corrected chi connectivity index (χ1v) is 5.19. The number of para-hydroxylation sites is 1. The first-order valence-electron chi connectivity index (χ1n) is 4.40. The van der Waals surface area contributed by atoms with E-state index in [-0.39, 0.29) is 5.56 Å². The van der Waals surface area contributed by atoms with Crippen LogP contribution in [0, 0.1) is 10.1 Å². The Balaban J connectivity index is 2.55. The third-order valence-corrected chi connectivity index (χ3v) is 3.09. The lowest BCUT2D eigenvalue weighted by Crippen LogP contribution is -2.40. The Hall–Kier alpha value is -1.47. The molecule has 84 valence electrons. The molecule has 0 radical (unpaired) electrons. The summed E-state index contributed by atoms with van der Waals surface area (Å²) in [5.41, 5.74) is -1.47. The van der Waals surface area contributed by atoms with Gasteiger partial charge in [0.15, 0.2) is 0 Å². The average molecular weight is 287 g/mol. The molecule has 1 atom stereocenters. The predicted octanol–water partition coefficient (Wildman–Crippen LogP) is 0.865. The molecule has 2 N–H and O–H groups in total. The van der Waals surface area contributed by atoms with Gasteiger partial charge in [0.25, 0.3) is 5.91 Å². The monoisotopic (exact) mass is 286 g/mol. The van der Waals surface area contributed by atoms with Gasteiger partial charge in [-0.2, -0.15) is 0 Å². The van der Waals surface area contributed by atoms with Crippen LogP contribution in [0.15, 0.2) is 22.7 Å². The number of aliphatic hydroxyl groups is 1. The molecule has 2 rings (SSSR count). The van der Waals surface area contributed by atoms with Gasteiger partial charge in [-0.25, -0.2) is 0 Å². The number of halogens is 1. The van der Waals surface area contributed by atoms with E-state index in [9.17, 15) is 20.0 Å². The zero-order valence-electron chi connectivity index (χ0n) is 7.94. The average Bonchev–Trinajstić information content (AvgIpc) is 2.41. The third kappa shape index (κ3) is 1.48. The van der Waals surface area contributed by atoms with E-state index in [1.165, 1.54) is 6.07 Å². The quantitative estimate of drug-likeness (QED) is 0.623. The molecule has 16 heavy (non-hydrogen) atoms. The number of hydrogen-bond acceptors (Lipinski definition) is 4. The maximum absolute atomic E-state index is 11.6. The number of anilines is 1. The number of benzene rings is 1. The first kappa shape index (κ1) is 11.0. The van der Waals surface area contributed by atoms with Gasteiger partial charge < -0.3 is 10.4 Å². The maximum atomic E-state index is 11.6. The fourth-order valence-corrected chi connectivity index (χ4v) is 2.14. The van der Waals surface area contributed by atoms with E-state index in [4.69, 9.17) is 0 Å². The van der Waals surface area contributed by atoms with Crippen molar-refractivity contribution in [2.45, 2.75) is 5.60 Å². The molecule has 0 saturated carbocycles. The number of rotatable bonds is 2. The molecular formula is C9H7BrN2O4. The summed E-state index contributed by atoms with van der Waals surface area (Å²) in [5.74, 6) is -0.772. The SMILES string of the molecule is O=C1Nc2c(Br)cccc2C1(O)C[N+](=O)[O-]. The van der Waals surface area contributed by atoms with Crippen molar-refractivity contribution in [2.75, 3.05) is 11.9 Å². The minimum atomic E-state index is -2.08. The van der Waals surface area contributed by atoms with Crippen LogP contribution in [0.25, 0.3) is 0 Å². The highest BCUT2D eigenvalue weighted by Crippen LogP contribution is 2.40.